The summed E-state index contributed by atoms with van der Waals surface area (Å²) in [5.41, 5.74) is 2.49. The van der Waals surface area contributed by atoms with Crippen LogP contribution in [0.25, 0.3) is 0 Å². The Morgan fingerprint density at radius 3 is 2.80 bits per heavy atom. The van der Waals surface area contributed by atoms with Crippen LogP contribution in [-0.4, -0.2) is 53.1 Å². The van der Waals surface area contributed by atoms with Gasteiger partial charge >= 0.3 is 0 Å². The van der Waals surface area contributed by atoms with E-state index in [9.17, 15) is 9.18 Å². The number of carbonyl (C=O) groups excluding carboxylic acids is 1. The van der Waals surface area contributed by atoms with Crippen molar-refractivity contribution < 1.29 is 13.9 Å². The molecule has 0 spiro atoms. The lowest BCUT2D eigenvalue weighted by molar-refractivity contribution is -0.141. The monoisotopic (exact) mass is 411 g/mol. The molecule has 158 valence electrons. The van der Waals surface area contributed by atoms with Crippen LogP contribution >= 0.6 is 0 Å². The Morgan fingerprint density at radius 2 is 2.03 bits per heavy atom. The average molecular weight is 411 g/mol. The zero-order valence-corrected chi connectivity index (χ0v) is 16.9. The first kappa shape index (κ1) is 19.2. The fourth-order valence-electron chi connectivity index (χ4n) is 4.43. The van der Waals surface area contributed by atoms with E-state index in [1.165, 1.54) is 12.1 Å². The largest absolute Gasteiger partial charge is 0.368 e. The third kappa shape index (κ3) is 3.84. The molecule has 4 heterocycles. The summed E-state index contributed by atoms with van der Waals surface area (Å²) in [5.74, 6) is 1.10. The first-order chi connectivity index (χ1) is 14.7. The molecule has 0 saturated carbocycles. The number of carbonyl (C=O) groups is 1. The van der Waals surface area contributed by atoms with Crippen molar-refractivity contribution >= 4 is 23.4 Å². The predicted octanol–water partition coefficient (Wildman–Crippen LogP) is 3.02. The van der Waals surface area contributed by atoms with Gasteiger partial charge in [0.25, 0.3) is 5.91 Å². The number of ether oxygens (including phenoxy) is 1. The Kier molecular flexibility index (Phi) is 5.25. The number of fused-ring (bicyclic) bond motifs is 1. The maximum absolute atomic E-state index is 13.7. The van der Waals surface area contributed by atoms with Crippen LogP contribution in [0.2, 0.25) is 0 Å². The lowest BCUT2D eigenvalue weighted by Crippen LogP contribution is -2.42. The Hall–Kier alpha value is -2.74. The summed E-state index contributed by atoms with van der Waals surface area (Å²) in [6, 6.07) is 6.34. The Morgan fingerprint density at radius 1 is 1.17 bits per heavy atom. The molecule has 2 fully saturated rings. The molecule has 0 bridgehead atoms. The second-order valence-corrected chi connectivity index (χ2v) is 8.14. The maximum atomic E-state index is 13.7. The molecule has 3 aliphatic rings. The van der Waals surface area contributed by atoms with Crippen molar-refractivity contribution in [3.63, 3.8) is 0 Å². The van der Waals surface area contributed by atoms with Gasteiger partial charge in [0.2, 0.25) is 5.95 Å². The van der Waals surface area contributed by atoms with E-state index in [0.29, 0.717) is 43.6 Å². The SMILES string of the molecule is O=C([C@H]1CCCO1)N1CCc2nc(N3CCCC3)nc(Nc3cccc(F)c3)c2C1. The van der Waals surface area contributed by atoms with Crippen molar-refractivity contribution in [1.82, 2.24) is 14.9 Å². The lowest BCUT2D eigenvalue weighted by Gasteiger charge is -2.32. The normalized spacial score (nSPS) is 21.0. The highest BCUT2D eigenvalue weighted by molar-refractivity contribution is 5.81. The smallest absolute Gasteiger partial charge is 0.252 e. The molecule has 3 aliphatic heterocycles. The molecule has 5 rings (SSSR count). The number of hydrogen-bond acceptors (Lipinski definition) is 6. The number of nitrogens with zero attached hydrogens (tertiary/aromatic N) is 4. The van der Waals surface area contributed by atoms with Crippen molar-refractivity contribution in [2.75, 3.05) is 36.5 Å². The molecule has 8 heteroatoms. The van der Waals surface area contributed by atoms with E-state index in [0.717, 1.165) is 50.0 Å². The van der Waals surface area contributed by atoms with E-state index < -0.39 is 0 Å². The lowest BCUT2D eigenvalue weighted by atomic mass is 10.0. The van der Waals surface area contributed by atoms with Gasteiger partial charge in [0.15, 0.2) is 0 Å². The molecule has 7 nitrogen and oxygen atoms in total. The van der Waals surface area contributed by atoms with Gasteiger partial charge in [-0.1, -0.05) is 6.07 Å². The molecule has 1 aromatic carbocycles. The van der Waals surface area contributed by atoms with E-state index in [2.05, 4.69) is 10.2 Å². The minimum absolute atomic E-state index is 0.0403. The average Bonchev–Trinajstić information content (AvgIpc) is 3.47. The highest BCUT2D eigenvalue weighted by Gasteiger charge is 2.32. The van der Waals surface area contributed by atoms with Gasteiger partial charge in [-0.15, -0.1) is 0 Å². The molecule has 1 aromatic heterocycles. The van der Waals surface area contributed by atoms with E-state index in [1.54, 1.807) is 6.07 Å². The maximum Gasteiger partial charge on any atom is 0.252 e. The molecule has 1 amide bonds. The second kappa shape index (κ2) is 8.18. The van der Waals surface area contributed by atoms with Crippen molar-refractivity contribution in [3.05, 3.63) is 41.3 Å². The molecule has 2 saturated heterocycles. The summed E-state index contributed by atoms with van der Waals surface area (Å²) in [5, 5.41) is 3.28. The van der Waals surface area contributed by atoms with Gasteiger partial charge in [0.05, 0.1) is 12.2 Å². The fourth-order valence-corrected chi connectivity index (χ4v) is 4.43. The molecule has 0 aliphatic carbocycles. The summed E-state index contributed by atoms with van der Waals surface area (Å²) in [7, 11) is 0. The molecule has 0 radical (unpaired) electrons. The van der Waals surface area contributed by atoms with Gasteiger partial charge in [0.1, 0.15) is 17.7 Å². The highest BCUT2D eigenvalue weighted by Crippen LogP contribution is 2.31. The number of nitrogens with one attached hydrogen (secondary N) is 1. The molecule has 2 aromatic rings. The van der Waals surface area contributed by atoms with Gasteiger partial charge in [0, 0.05) is 43.9 Å². The van der Waals surface area contributed by atoms with Crippen LogP contribution < -0.4 is 10.2 Å². The van der Waals surface area contributed by atoms with E-state index in [4.69, 9.17) is 14.7 Å². The standard InChI is InChI=1S/C22H26FN5O2/c23-15-5-3-6-16(13-15)24-20-17-14-28(21(29)19-7-4-12-30-19)11-8-18(17)25-22(26-20)27-9-1-2-10-27/h3,5-6,13,19H,1-2,4,7-12,14H2,(H,24,25,26)/t19-/m1/s1. The van der Waals surface area contributed by atoms with E-state index in [-0.39, 0.29) is 17.8 Å². The minimum Gasteiger partial charge on any atom is -0.368 e. The van der Waals surface area contributed by atoms with Gasteiger partial charge in [-0.25, -0.2) is 9.37 Å². The quantitative estimate of drug-likeness (QED) is 0.834. The summed E-state index contributed by atoms with van der Waals surface area (Å²) < 4.78 is 19.3. The molecule has 0 unspecified atom stereocenters. The van der Waals surface area contributed by atoms with Gasteiger partial charge in [-0.2, -0.15) is 4.98 Å². The fraction of sp³-hybridized carbons (Fsp3) is 0.500. The number of aromatic nitrogens is 2. The van der Waals surface area contributed by atoms with E-state index in [1.807, 2.05) is 11.0 Å². The molecule has 1 N–H and O–H groups in total. The predicted molar refractivity (Wildman–Crippen MR) is 111 cm³/mol. The summed E-state index contributed by atoms with van der Waals surface area (Å²) in [6.07, 6.45) is 4.31. The van der Waals surface area contributed by atoms with Crippen molar-refractivity contribution in [2.45, 2.75) is 44.8 Å². The van der Waals surface area contributed by atoms with E-state index >= 15 is 0 Å². The van der Waals surface area contributed by atoms with Crippen LogP contribution in [0.3, 0.4) is 0 Å². The second-order valence-electron chi connectivity index (χ2n) is 8.14. The highest BCUT2D eigenvalue weighted by atomic mass is 19.1. The number of benzene rings is 1. The molecular weight excluding hydrogens is 385 g/mol. The zero-order chi connectivity index (χ0) is 20.5. The first-order valence-electron chi connectivity index (χ1n) is 10.7. The number of halogens is 1. The Labute approximate surface area is 175 Å². The zero-order valence-electron chi connectivity index (χ0n) is 16.9. The van der Waals surface area contributed by atoms with Crippen LogP contribution in [0.5, 0.6) is 0 Å². The number of amides is 1. The molecular formula is C22H26FN5O2. The first-order valence-corrected chi connectivity index (χ1v) is 10.7. The van der Waals surface area contributed by atoms with Crippen molar-refractivity contribution in [3.8, 4) is 0 Å². The topological polar surface area (TPSA) is 70.6 Å². The van der Waals surface area contributed by atoms with Gasteiger partial charge in [-0.05, 0) is 43.9 Å². The molecule has 1 atom stereocenters. The van der Waals surface area contributed by atoms with Crippen LogP contribution in [0, 0.1) is 5.82 Å². The summed E-state index contributed by atoms with van der Waals surface area (Å²) in [4.78, 5) is 26.6. The minimum atomic E-state index is -0.337. The summed E-state index contributed by atoms with van der Waals surface area (Å²) >= 11 is 0. The number of anilines is 3. The molecule has 30 heavy (non-hydrogen) atoms. The van der Waals surface area contributed by atoms with Gasteiger partial charge < -0.3 is 19.9 Å². The Balaban J connectivity index is 1.47. The van der Waals surface area contributed by atoms with Gasteiger partial charge in [-0.3, -0.25) is 4.79 Å². The Bertz CT molecular complexity index is 941. The van der Waals surface area contributed by atoms with Crippen LogP contribution in [0.15, 0.2) is 24.3 Å². The van der Waals surface area contributed by atoms with Crippen molar-refractivity contribution in [1.29, 1.82) is 0 Å². The van der Waals surface area contributed by atoms with Crippen LogP contribution in [0.1, 0.15) is 36.9 Å². The van der Waals surface area contributed by atoms with Crippen molar-refractivity contribution in [2.24, 2.45) is 0 Å². The van der Waals surface area contributed by atoms with Crippen LogP contribution in [0.4, 0.5) is 21.8 Å². The third-order valence-corrected chi connectivity index (χ3v) is 6.04. The van der Waals surface area contributed by atoms with Crippen LogP contribution in [-0.2, 0) is 22.5 Å². The number of rotatable bonds is 4. The third-order valence-electron chi connectivity index (χ3n) is 6.04. The summed E-state index contributed by atoms with van der Waals surface area (Å²) in [6.45, 7) is 3.60. The number of hydrogen-bond donors (Lipinski definition) is 1.